The van der Waals surface area contributed by atoms with Crippen LogP contribution in [0.1, 0.15) is 51.4 Å². The van der Waals surface area contributed by atoms with E-state index in [0.717, 1.165) is 12.8 Å². The van der Waals surface area contributed by atoms with Crippen LogP contribution in [0, 0.1) is 23.7 Å². The smallest absolute Gasteiger partial charge is 0.233 e. The van der Waals surface area contributed by atoms with Gasteiger partial charge in [-0.05, 0) is 38.5 Å². The van der Waals surface area contributed by atoms with Gasteiger partial charge in [0.25, 0.3) is 0 Å². The SMILES string of the molecule is O=C1C2CC=CCC2C(=O)N1C1CCCCC1N1C(=O)C2CC=CCC2C1=O. The number of allylic oxidation sites excluding steroid dienone is 4. The number of nitrogens with zero attached hydrogens (tertiary/aromatic N) is 2. The van der Waals surface area contributed by atoms with Gasteiger partial charge in [-0.3, -0.25) is 29.0 Å². The van der Waals surface area contributed by atoms with Crippen LogP contribution in [-0.2, 0) is 19.2 Å². The summed E-state index contributed by atoms with van der Waals surface area (Å²) in [5, 5.41) is 0. The van der Waals surface area contributed by atoms with E-state index in [1.807, 2.05) is 24.3 Å². The van der Waals surface area contributed by atoms with Gasteiger partial charge in [0.15, 0.2) is 0 Å². The van der Waals surface area contributed by atoms with Gasteiger partial charge in [-0.25, -0.2) is 0 Å². The third kappa shape index (κ3) is 2.46. The molecular formula is C22H26N2O4. The first-order valence-electron chi connectivity index (χ1n) is 10.6. The van der Waals surface area contributed by atoms with Crippen LogP contribution >= 0.6 is 0 Å². The van der Waals surface area contributed by atoms with Crippen molar-refractivity contribution in [1.29, 1.82) is 0 Å². The van der Waals surface area contributed by atoms with Crippen LogP contribution in [-0.4, -0.2) is 45.5 Å². The molecule has 28 heavy (non-hydrogen) atoms. The molecule has 3 aliphatic carbocycles. The lowest BCUT2D eigenvalue weighted by Crippen LogP contribution is -2.57. The fourth-order valence-corrected chi connectivity index (χ4v) is 6.00. The van der Waals surface area contributed by atoms with E-state index < -0.39 is 0 Å². The lowest BCUT2D eigenvalue weighted by Gasteiger charge is -2.41. The standard InChI is InChI=1S/C22H26N2O4/c25-19-13-7-1-2-8-14(13)20(26)23(19)17-11-5-6-12-18(17)24-21(27)15-9-3-4-10-16(15)22(24)28/h1-4,13-18H,5-12H2. The van der Waals surface area contributed by atoms with Crippen molar-refractivity contribution in [1.82, 2.24) is 9.80 Å². The first-order chi connectivity index (χ1) is 13.6. The highest BCUT2D eigenvalue weighted by atomic mass is 16.2. The summed E-state index contributed by atoms with van der Waals surface area (Å²) in [6, 6.07) is -0.722. The summed E-state index contributed by atoms with van der Waals surface area (Å²) in [5.74, 6) is -1.48. The van der Waals surface area contributed by atoms with Gasteiger partial charge in [0.2, 0.25) is 23.6 Å². The second kappa shape index (κ2) is 6.68. The van der Waals surface area contributed by atoms with Crippen LogP contribution in [0.4, 0.5) is 0 Å². The number of hydrogen-bond donors (Lipinski definition) is 0. The molecule has 5 rings (SSSR count). The first-order valence-corrected chi connectivity index (χ1v) is 10.6. The molecule has 5 aliphatic rings. The molecule has 0 radical (unpaired) electrons. The molecule has 3 fully saturated rings. The van der Waals surface area contributed by atoms with Gasteiger partial charge >= 0.3 is 0 Å². The molecule has 0 aromatic rings. The van der Waals surface area contributed by atoms with Gasteiger partial charge in [-0.2, -0.15) is 0 Å². The maximum absolute atomic E-state index is 13.1. The second-order valence-electron chi connectivity index (χ2n) is 8.82. The van der Waals surface area contributed by atoms with E-state index in [4.69, 9.17) is 0 Å². The number of fused-ring (bicyclic) bond motifs is 2. The van der Waals surface area contributed by atoms with Crippen LogP contribution in [0.3, 0.4) is 0 Å². The van der Waals surface area contributed by atoms with E-state index in [-0.39, 0.29) is 59.4 Å². The Morgan fingerprint density at radius 1 is 0.536 bits per heavy atom. The van der Waals surface area contributed by atoms with Crippen LogP contribution in [0.25, 0.3) is 0 Å². The fourth-order valence-electron chi connectivity index (χ4n) is 6.00. The average molecular weight is 382 g/mol. The number of imide groups is 2. The van der Waals surface area contributed by atoms with Gasteiger partial charge < -0.3 is 0 Å². The Hall–Kier alpha value is -2.24. The molecule has 0 spiro atoms. The molecule has 6 unspecified atom stereocenters. The van der Waals surface area contributed by atoms with Gasteiger partial charge in [-0.1, -0.05) is 37.1 Å². The molecule has 2 aliphatic heterocycles. The highest BCUT2D eigenvalue weighted by Crippen LogP contribution is 2.43. The van der Waals surface area contributed by atoms with Crippen molar-refractivity contribution in [3.05, 3.63) is 24.3 Å². The van der Waals surface area contributed by atoms with Crippen LogP contribution in [0.5, 0.6) is 0 Å². The Labute approximate surface area is 164 Å². The van der Waals surface area contributed by atoms with Gasteiger partial charge in [0, 0.05) is 0 Å². The zero-order valence-electron chi connectivity index (χ0n) is 16.0. The number of amides is 4. The van der Waals surface area contributed by atoms with Crippen molar-refractivity contribution < 1.29 is 19.2 Å². The highest BCUT2D eigenvalue weighted by Gasteiger charge is 2.56. The quantitative estimate of drug-likeness (QED) is 0.542. The molecule has 6 nitrogen and oxygen atoms in total. The van der Waals surface area contributed by atoms with Crippen molar-refractivity contribution in [2.24, 2.45) is 23.7 Å². The van der Waals surface area contributed by atoms with E-state index in [1.165, 1.54) is 9.80 Å². The molecule has 2 heterocycles. The Kier molecular flexibility index (Phi) is 4.25. The third-order valence-electron chi connectivity index (χ3n) is 7.44. The zero-order chi connectivity index (χ0) is 19.4. The molecule has 6 atom stereocenters. The lowest BCUT2D eigenvalue weighted by atomic mass is 9.85. The summed E-state index contributed by atoms with van der Waals surface area (Å²) in [4.78, 5) is 55.3. The maximum atomic E-state index is 13.1. The molecule has 148 valence electrons. The molecular weight excluding hydrogens is 356 g/mol. The summed E-state index contributed by atoms with van der Waals surface area (Å²) in [6.45, 7) is 0. The molecule has 4 amide bonds. The normalized spacial score (nSPS) is 40.3. The molecule has 6 heteroatoms. The summed E-state index contributed by atoms with van der Waals surface area (Å²) >= 11 is 0. The van der Waals surface area contributed by atoms with Crippen LogP contribution in [0.15, 0.2) is 24.3 Å². The molecule has 0 aromatic heterocycles. The van der Waals surface area contributed by atoms with Crippen LogP contribution in [0.2, 0.25) is 0 Å². The van der Waals surface area contributed by atoms with Gasteiger partial charge in [-0.15, -0.1) is 0 Å². The molecule has 0 aromatic carbocycles. The largest absolute Gasteiger partial charge is 0.277 e. The molecule has 1 saturated carbocycles. The Bertz CT molecular complexity index is 682. The first kappa shape index (κ1) is 17.8. The number of rotatable bonds is 2. The maximum Gasteiger partial charge on any atom is 0.233 e. The predicted molar refractivity (Wildman–Crippen MR) is 100 cm³/mol. The molecule has 0 N–H and O–H groups in total. The topological polar surface area (TPSA) is 74.8 Å². The fraction of sp³-hybridized carbons (Fsp3) is 0.636. The second-order valence-corrected chi connectivity index (χ2v) is 8.82. The monoisotopic (exact) mass is 382 g/mol. The third-order valence-corrected chi connectivity index (χ3v) is 7.44. The number of carbonyl (C=O) groups excluding carboxylic acids is 4. The Morgan fingerprint density at radius 3 is 1.11 bits per heavy atom. The Morgan fingerprint density at radius 2 is 0.821 bits per heavy atom. The zero-order valence-corrected chi connectivity index (χ0v) is 16.0. The van der Waals surface area contributed by atoms with E-state index in [1.54, 1.807) is 0 Å². The van der Waals surface area contributed by atoms with Crippen molar-refractivity contribution in [2.75, 3.05) is 0 Å². The van der Waals surface area contributed by atoms with Gasteiger partial charge in [0.05, 0.1) is 35.8 Å². The summed E-state index contributed by atoms with van der Waals surface area (Å²) in [6.07, 6.45) is 13.6. The number of carbonyl (C=O) groups is 4. The summed E-state index contributed by atoms with van der Waals surface area (Å²) < 4.78 is 0. The highest BCUT2D eigenvalue weighted by molar-refractivity contribution is 6.07. The van der Waals surface area contributed by atoms with Gasteiger partial charge in [0.1, 0.15) is 0 Å². The van der Waals surface area contributed by atoms with Crippen molar-refractivity contribution in [2.45, 2.75) is 63.5 Å². The Balaban J connectivity index is 1.45. The predicted octanol–water partition coefficient (Wildman–Crippen LogP) is 2.20. The van der Waals surface area contributed by atoms with Crippen molar-refractivity contribution in [3.8, 4) is 0 Å². The number of hydrogen-bond acceptors (Lipinski definition) is 4. The van der Waals surface area contributed by atoms with E-state index >= 15 is 0 Å². The van der Waals surface area contributed by atoms with E-state index in [2.05, 4.69) is 0 Å². The van der Waals surface area contributed by atoms with E-state index in [0.29, 0.717) is 38.5 Å². The minimum Gasteiger partial charge on any atom is -0.277 e. The molecule has 2 saturated heterocycles. The summed E-state index contributed by atoms with van der Waals surface area (Å²) in [5.41, 5.74) is 0. The average Bonchev–Trinajstić information content (AvgIpc) is 3.13. The van der Waals surface area contributed by atoms with Crippen molar-refractivity contribution >= 4 is 23.6 Å². The van der Waals surface area contributed by atoms with Crippen LogP contribution < -0.4 is 0 Å². The minimum absolute atomic E-state index is 0.102. The summed E-state index contributed by atoms with van der Waals surface area (Å²) in [7, 11) is 0. The molecule has 0 bridgehead atoms. The number of likely N-dealkylation sites (tertiary alicyclic amines) is 2. The van der Waals surface area contributed by atoms with Crippen molar-refractivity contribution in [3.63, 3.8) is 0 Å². The lowest BCUT2D eigenvalue weighted by molar-refractivity contribution is -0.153. The van der Waals surface area contributed by atoms with E-state index in [9.17, 15) is 19.2 Å². The minimum atomic E-state index is -0.361.